The summed E-state index contributed by atoms with van der Waals surface area (Å²) >= 11 is 0. The first-order valence-electron chi connectivity index (χ1n) is 31.6. The second kappa shape index (κ2) is 36.1. The molecule has 29 nitrogen and oxygen atoms in total. The maximum Gasteiger partial charge on any atom is 0.343 e. The zero-order valence-electron chi connectivity index (χ0n) is 53.8. The number of hydrogen-bond acceptors (Lipinski definition) is 22. The summed E-state index contributed by atoms with van der Waals surface area (Å²) in [6.45, 7) is 12.4. The normalized spacial score (nSPS) is 18.5. The van der Waals surface area contributed by atoms with Gasteiger partial charge in [-0.15, -0.1) is 0 Å². The third-order valence-electron chi connectivity index (χ3n) is 16.6. The molecule has 7 rings (SSSR count). The van der Waals surface area contributed by atoms with Crippen LogP contribution in [0.1, 0.15) is 112 Å². The van der Waals surface area contributed by atoms with E-state index in [2.05, 4.69) is 26.6 Å². The molecule has 0 saturated carbocycles. The minimum absolute atomic E-state index is 0.0206. The molecule has 7 amide bonds. The number of aryl methyl sites for hydroxylation is 1. The number of carbonyl (C=O) groups is 8. The molecule has 1 aliphatic carbocycles. The topological polar surface area (TPSA) is 368 Å². The van der Waals surface area contributed by atoms with Crippen molar-refractivity contribution in [3.05, 3.63) is 61.7 Å². The maximum atomic E-state index is 15.4. The van der Waals surface area contributed by atoms with Crippen molar-refractivity contribution in [3.63, 3.8) is 0 Å². The van der Waals surface area contributed by atoms with Crippen molar-refractivity contribution in [3.8, 4) is 11.4 Å². The van der Waals surface area contributed by atoms with Gasteiger partial charge in [0.25, 0.3) is 5.56 Å². The highest BCUT2D eigenvalue weighted by molar-refractivity contribution is 6.04. The minimum atomic E-state index is -2.07. The number of aliphatic hydroxyl groups excluding tert-OH is 1. The number of esters is 1. The van der Waals surface area contributed by atoms with Gasteiger partial charge in [-0.2, -0.15) is 0 Å². The van der Waals surface area contributed by atoms with Gasteiger partial charge in [0.05, 0.1) is 147 Å². The van der Waals surface area contributed by atoms with E-state index in [1.807, 2.05) is 0 Å². The highest BCUT2D eigenvalue weighted by atomic mass is 19.1. The summed E-state index contributed by atoms with van der Waals surface area (Å²) < 4.78 is 70.7. The third-order valence-corrected chi connectivity index (χ3v) is 16.6. The van der Waals surface area contributed by atoms with E-state index >= 15 is 4.39 Å². The van der Waals surface area contributed by atoms with Gasteiger partial charge in [-0.3, -0.25) is 43.3 Å². The number of fused-ring (bicyclic) bond motifs is 5. The second-order valence-electron chi connectivity index (χ2n) is 22.9. The number of amides is 7. The van der Waals surface area contributed by atoms with Crippen molar-refractivity contribution in [2.45, 2.75) is 135 Å². The molecule has 30 heteroatoms. The number of hydrogen-bond donors (Lipinski definition) is 7. The van der Waals surface area contributed by atoms with Gasteiger partial charge < -0.3 is 88.7 Å². The minimum Gasteiger partial charge on any atom is -0.458 e. The van der Waals surface area contributed by atoms with E-state index in [-0.39, 0.29) is 95.2 Å². The number of cyclic esters (lactones) is 1. The Morgan fingerprint density at radius 3 is 1.95 bits per heavy atom. The fourth-order valence-corrected chi connectivity index (χ4v) is 11.3. The lowest BCUT2D eigenvalue weighted by atomic mass is 9.81. The molecule has 3 aliphatic heterocycles. The molecule has 0 bridgehead atoms. The molecule has 5 heterocycles. The van der Waals surface area contributed by atoms with Gasteiger partial charge in [0.2, 0.25) is 41.4 Å². The van der Waals surface area contributed by atoms with E-state index in [1.165, 1.54) is 24.5 Å². The van der Waals surface area contributed by atoms with Gasteiger partial charge in [-0.1, -0.05) is 13.8 Å². The Hall–Kier alpha value is -6.97. The predicted molar refractivity (Wildman–Crippen MR) is 327 cm³/mol. The summed E-state index contributed by atoms with van der Waals surface area (Å²) in [7, 11) is 1.62. The summed E-state index contributed by atoms with van der Waals surface area (Å²) in [6.07, 6.45) is -1.33. The SMILES string of the molecule is CCC1CC(=O)N([C@@H](CNC(=O)CCOCCOCCOCCOCCOCCOCCOCCOC)CC(=O)N[C@@H](C)C(=O)N[C@@H](C)C(=O)NCOCC[C@@H](O)C(=O)N[C@H]2CCc3c(C)c(F)cc4nc5c(c2c34)Cn2c-5cc3c(c2=O)COC(=O)[C@]3(O)CC)C1=O. The molecule has 93 heavy (non-hydrogen) atoms. The number of rotatable bonds is 42. The van der Waals surface area contributed by atoms with Gasteiger partial charge >= 0.3 is 5.97 Å². The molecule has 1 fully saturated rings. The summed E-state index contributed by atoms with van der Waals surface area (Å²) in [5.41, 5.74) is 0.877. The first-order chi connectivity index (χ1) is 44.7. The Kier molecular flexibility index (Phi) is 28.5. The zero-order valence-corrected chi connectivity index (χ0v) is 53.8. The number of carbonyl (C=O) groups excluding carboxylic acids is 8. The van der Waals surface area contributed by atoms with Crippen LogP contribution in [0, 0.1) is 18.7 Å². The van der Waals surface area contributed by atoms with Crippen molar-refractivity contribution in [2.24, 2.45) is 5.92 Å². The van der Waals surface area contributed by atoms with Crippen LogP contribution in [0.15, 0.2) is 16.9 Å². The predicted octanol–water partition coefficient (Wildman–Crippen LogP) is 0.294. The Morgan fingerprint density at radius 1 is 0.753 bits per heavy atom. The van der Waals surface area contributed by atoms with Gasteiger partial charge in [0, 0.05) is 67.8 Å². The van der Waals surface area contributed by atoms with Crippen LogP contribution in [0.3, 0.4) is 0 Å². The van der Waals surface area contributed by atoms with Crippen LogP contribution in [0.4, 0.5) is 4.39 Å². The molecular formula is C63H89FN8O21. The molecule has 514 valence electrons. The lowest BCUT2D eigenvalue weighted by Gasteiger charge is -2.31. The lowest BCUT2D eigenvalue weighted by Crippen LogP contribution is -2.53. The Labute approximate surface area is 538 Å². The Balaban J connectivity index is 0.778. The third kappa shape index (κ3) is 19.4. The molecule has 1 unspecified atom stereocenters. The lowest BCUT2D eigenvalue weighted by molar-refractivity contribution is -0.172. The average Bonchev–Trinajstić information content (AvgIpc) is 1.64. The average molecular weight is 1310 g/mol. The number of halogens is 1. The molecule has 0 spiro atoms. The number of pyridine rings is 2. The zero-order chi connectivity index (χ0) is 67.2. The van der Waals surface area contributed by atoms with Crippen molar-refractivity contribution in [2.75, 3.05) is 126 Å². The van der Waals surface area contributed by atoms with Crippen LogP contribution in [-0.4, -0.2) is 222 Å². The molecule has 7 N–H and O–H groups in total. The fraction of sp³-hybridized carbons (Fsp3) is 0.651. The van der Waals surface area contributed by atoms with Crippen LogP contribution in [0.5, 0.6) is 0 Å². The molecule has 1 aromatic carbocycles. The standard InChI is InChI=1S/C63H89FN8O21/c1-7-40-29-53(76)72(60(40)80)41(33-65-51(74)12-14-85-17-18-87-21-22-89-25-26-91-28-27-90-24-23-88-20-19-86-16-15-84-6)30-52(75)67-39(5)58(78)68-38(4)57(77)66-36-92-13-11-50(73)59(79)70-47-10-9-42-37(3)46(64)32-48-54(42)55(47)43-34-71-49(56(43)69-48)31-45-44(61(71)81)35-93-62(82)63(45,83)8-2/h31-32,38-41,47,50,73,83H,7-30,33-36H2,1-6H3,(H,65,74)(H,66,77)(H,67,75)(H,68,78)(H,70,79)/t38-,39-,40?,41+,47-,50+,63-/m0/s1. The molecule has 1 saturated heterocycles. The fourth-order valence-electron chi connectivity index (χ4n) is 11.3. The van der Waals surface area contributed by atoms with E-state index in [4.69, 9.17) is 52.4 Å². The van der Waals surface area contributed by atoms with Crippen LogP contribution in [0.2, 0.25) is 0 Å². The number of aliphatic hydroxyl groups is 2. The monoisotopic (exact) mass is 1310 g/mol. The van der Waals surface area contributed by atoms with Crippen molar-refractivity contribution < 1.29 is 100 Å². The number of methoxy groups -OCH3 is 1. The number of aromatic nitrogens is 2. The summed E-state index contributed by atoms with van der Waals surface area (Å²) in [5, 5.41) is 36.2. The molecule has 2 aromatic heterocycles. The molecule has 3 aromatic rings. The van der Waals surface area contributed by atoms with Crippen LogP contribution < -0.4 is 32.1 Å². The second-order valence-corrected chi connectivity index (χ2v) is 22.9. The van der Waals surface area contributed by atoms with Crippen molar-refractivity contribution >= 4 is 58.2 Å². The van der Waals surface area contributed by atoms with E-state index < -0.39 is 107 Å². The Bertz CT molecular complexity index is 3190. The largest absolute Gasteiger partial charge is 0.458 e. The summed E-state index contributed by atoms with van der Waals surface area (Å²) in [4.78, 5) is 125. The molecule has 7 atom stereocenters. The van der Waals surface area contributed by atoms with Gasteiger partial charge in [-0.25, -0.2) is 14.2 Å². The van der Waals surface area contributed by atoms with E-state index in [0.29, 0.717) is 138 Å². The Morgan fingerprint density at radius 2 is 1.35 bits per heavy atom. The van der Waals surface area contributed by atoms with Gasteiger partial charge in [-0.05, 0) is 69.2 Å². The number of ether oxygens (including phenoxy) is 10. The summed E-state index contributed by atoms with van der Waals surface area (Å²) in [5.74, 6) is -6.24. The van der Waals surface area contributed by atoms with E-state index in [1.54, 1.807) is 33.9 Å². The first-order valence-corrected chi connectivity index (χ1v) is 31.6. The first kappa shape index (κ1) is 73.4. The smallest absolute Gasteiger partial charge is 0.343 e. The molecular weight excluding hydrogens is 1220 g/mol. The quantitative estimate of drug-likeness (QED) is 0.0136. The number of benzene rings is 1. The number of likely N-dealkylation sites (tertiary alicyclic amines) is 1. The van der Waals surface area contributed by atoms with Crippen LogP contribution >= 0.6 is 0 Å². The summed E-state index contributed by atoms with van der Waals surface area (Å²) in [6, 6.07) is -1.26. The number of imide groups is 1. The van der Waals surface area contributed by atoms with Crippen LogP contribution in [0.25, 0.3) is 22.3 Å². The highest BCUT2D eigenvalue weighted by Crippen LogP contribution is 2.46. The number of nitrogens with one attached hydrogen (secondary N) is 5. The maximum absolute atomic E-state index is 15.4. The highest BCUT2D eigenvalue weighted by Gasteiger charge is 2.47. The number of nitrogens with zero attached hydrogens (tertiary/aromatic N) is 3. The van der Waals surface area contributed by atoms with Crippen molar-refractivity contribution in [1.29, 1.82) is 0 Å². The van der Waals surface area contributed by atoms with Crippen LogP contribution in [-0.2, 0) is 111 Å². The molecule has 0 radical (unpaired) electrons. The van der Waals surface area contributed by atoms with Gasteiger partial charge in [0.1, 0.15) is 37.3 Å². The van der Waals surface area contributed by atoms with Gasteiger partial charge in [0.15, 0.2) is 5.60 Å². The van der Waals surface area contributed by atoms with E-state index in [0.717, 1.165) is 4.90 Å². The molecule has 4 aliphatic rings. The van der Waals surface area contributed by atoms with E-state index in [9.17, 15) is 53.4 Å². The van der Waals surface area contributed by atoms with Crippen molar-refractivity contribution in [1.82, 2.24) is 41.0 Å².